The topological polar surface area (TPSA) is 12.0 Å². The Morgan fingerprint density at radius 1 is 1.16 bits per heavy atom. The van der Waals surface area contributed by atoms with Crippen molar-refractivity contribution in [2.24, 2.45) is 0 Å². The molecule has 1 atom stereocenters. The standard InChI is InChI=1S/C16H13F2N/c1-3-12-5-4-6-14(9-12)19-11(2)15-10-13(17)7-8-16(15)18/h1,4-11,19H,2H3. The van der Waals surface area contributed by atoms with E-state index >= 15 is 0 Å². The van der Waals surface area contributed by atoms with Crippen molar-refractivity contribution in [1.82, 2.24) is 0 Å². The molecule has 0 heterocycles. The second-order valence-electron chi connectivity index (χ2n) is 4.26. The predicted molar refractivity (Wildman–Crippen MR) is 72.8 cm³/mol. The minimum atomic E-state index is -0.456. The van der Waals surface area contributed by atoms with E-state index in [0.717, 1.165) is 23.4 Å². The maximum Gasteiger partial charge on any atom is 0.128 e. The average Bonchev–Trinajstić information content (AvgIpc) is 2.41. The van der Waals surface area contributed by atoms with Crippen LogP contribution in [0.15, 0.2) is 42.5 Å². The van der Waals surface area contributed by atoms with Crippen molar-refractivity contribution in [2.75, 3.05) is 5.32 Å². The summed E-state index contributed by atoms with van der Waals surface area (Å²) in [6.07, 6.45) is 5.32. The van der Waals surface area contributed by atoms with Crippen LogP contribution in [0.4, 0.5) is 14.5 Å². The fraction of sp³-hybridized carbons (Fsp3) is 0.125. The van der Waals surface area contributed by atoms with E-state index in [0.29, 0.717) is 0 Å². The van der Waals surface area contributed by atoms with Crippen LogP contribution in [0.1, 0.15) is 24.1 Å². The van der Waals surface area contributed by atoms with Crippen LogP contribution in [-0.2, 0) is 0 Å². The largest absolute Gasteiger partial charge is 0.378 e. The van der Waals surface area contributed by atoms with Gasteiger partial charge in [0.2, 0.25) is 0 Å². The maximum atomic E-state index is 13.6. The van der Waals surface area contributed by atoms with Crippen molar-refractivity contribution in [3.8, 4) is 12.3 Å². The first-order valence-electron chi connectivity index (χ1n) is 5.88. The molecule has 96 valence electrons. The van der Waals surface area contributed by atoms with E-state index in [9.17, 15) is 8.78 Å². The minimum Gasteiger partial charge on any atom is -0.378 e. The highest BCUT2D eigenvalue weighted by atomic mass is 19.1. The number of nitrogens with one attached hydrogen (secondary N) is 1. The van der Waals surface area contributed by atoms with Gasteiger partial charge in [0.1, 0.15) is 11.6 Å². The molecule has 0 bridgehead atoms. The van der Waals surface area contributed by atoms with Crippen LogP contribution >= 0.6 is 0 Å². The first-order chi connectivity index (χ1) is 9.10. The molecule has 0 aliphatic carbocycles. The number of hydrogen-bond acceptors (Lipinski definition) is 1. The Balaban J connectivity index is 2.23. The number of anilines is 1. The molecule has 2 aromatic carbocycles. The molecule has 2 aromatic rings. The summed E-state index contributed by atoms with van der Waals surface area (Å²) < 4.78 is 26.8. The molecule has 3 heteroatoms. The molecule has 19 heavy (non-hydrogen) atoms. The van der Waals surface area contributed by atoms with Crippen LogP contribution < -0.4 is 5.32 Å². The van der Waals surface area contributed by atoms with Gasteiger partial charge in [-0.2, -0.15) is 0 Å². The van der Waals surface area contributed by atoms with Gasteiger partial charge in [-0.05, 0) is 43.3 Å². The zero-order valence-electron chi connectivity index (χ0n) is 10.5. The van der Waals surface area contributed by atoms with Gasteiger partial charge in [-0.3, -0.25) is 0 Å². The van der Waals surface area contributed by atoms with Crippen LogP contribution in [0.3, 0.4) is 0 Å². The Hall–Kier alpha value is -2.34. The summed E-state index contributed by atoms with van der Waals surface area (Å²) in [5.41, 5.74) is 1.79. The first kappa shape index (κ1) is 13.1. The van der Waals surface area contributed by atoms with Gasteiger partial charge >= 0.3 is 0 Å². The average molecular weight is 257 g/mol. The summed E-state index contributed by atoms with van der Waals surface area (Å²) in [6.45, 7) is 1.76. The molecule has 0 saturated carbocycles. The van der Waals surface area contributed by atoms with E-state index in [1.165, 1.54) is 6.07 Å². The number of rotatable bonds is 3. The van der Waals surface area contributed by atoms with Crippen molar-refractivity contribution in [3.05, 3.63) is 65.2 Å². The SMILES string of the molecule is C#Cc1cccc(NC(C)c2cc(F)ccc2F)c1. The van der Waals surface area contributed by atoms with E-state index in [2.05, 4.69) is 11.2 Å². The van der Waals surface area contributed by atoms with Crippen LogP contribution in [0.2, 0.25) is 0 Å². The third-order valence-electron chi connectivity index (χ3n) is 2.84. The summed E-state index contributed by atoms with van der Waals surface area (Å²) in [7, 11) is 0. The molecule has 0 fully saturated rings. The van der Waals surface area contributed by atoms with Crippen molar-refractivity contribution in [3.63, 3.8) is 0 Å². The Kier molecular flexibility index (Phi) is 3.82. The van der Waals surface area contributed by atoms with Crippen molar-refractivity contribution in [1.29, 1.82) is 0 Å². The maximum absolute atomic E-state index is 13.6. The smallest absolute Gasteiger partial charge is 0.128 e. The lowest BCUT2D eigenvalue weighted by atomic mass is 10.1. The quantitative estimate of drug-likeness (QED) is 0.816. The van der Waals surface area contributed by atoms with E-state index in [-0.39, 0.29) is 11.6 Å². The molecule has 0 radical (unpaired) electrons. The molecule has 0 amide bonds. The number of halogens is 2. The molecule has 1 nitrogen and oxygen atoms in total. The van der Waals surface area contributed by atoms with Crippen LogP contribution in [0.25, 0.3) is 0 Å². The van der Waals surface area contributed by atoms with Gasteiger partial charge in [-0.1, -0.05) is 12.0 Å². The Bertz CT molecular complexity index is 629. The Morgan fingerprint density at radius 2 is 1.95 bits per heavy atom. The van der Waals surface area contributed by atoms with Crippen molar-refractivity contribution >= 4 is 5.69 Å². The third-order valence-corrected chi connectivity index (χ3v) is 2.84. The monoisotopic (exact) mass is 257 g/mol. The molecule has 0 aliphatic heterocycles. The second kappa shape index (κ2) is 5.53. The molecule has 2 rings (SSSR count). The highest BCUT2D eigenvalue weighted by molar-refractivity contribution is 5.51. The highest BCUT2D eigenvalue weighted by Crippen LogP contribution is 2.23. The lowest BCUT2D eigenvalue weighted by Crippen LogP contribution is -2.09. The van der Waals surface area contributed by atoms with Gasteiger partial charge in [0.25, 0.3) is 0 Å². The Morgan fingerprint density at radius 3 is 2.68 bits per heavy atom. The normalized spacial score (nSPS) is 11.7. The predicted octanol–water partition coefficient (Wildman–Crippen LogP) is 4.12. The molecule has 1 N–H and O–H groups in total. The lowest BCUT2D eigenvalue weighted by molar-refractivity contribution is 0.577. The Labute approximate surface area is 111 Å². The van der Waals surface area contributed by atoms with Crippen LogP contribution in [0, 0.1) is 24.0 Å². The number of hydrogen-bond donors (Lipinski definition) is 1. The minimum absolute atomic E-state index is 0.283. The molecule has 1 unspecified atom stereocenters. The second-order valence-corrected chi connectivity index (χ2v) is 4.26. The summed E-state index contributed by atoms with van der Waals surface area (Å²) in [5, 5.41) is 3.10. The van der Waals surface area contributed by atoms with E-state index in [1.807, 2.05) is 12.1 Å². The van der Waals surface area contributed by atoms with E-state index in [1.54, 1.807) is 19.1 Å². The zero-order chi connectivity index (χ0) is 13.8. The van der Waals surface area contributed by atoms with Gasteiger partial charge in [-0.25, -0.2) is 8.78 Å². The van der Waals surface area contributed by atoms with Crippen LogP contribution in [0.5, 0.6) is 0 Å². The highest BCUT2D eigenvalue weighted by Gasteiger charge is 2.11. The summed E-state index contributed by atoms with van der Waals surface area (Å²) in [4.78, 5) is 0. The van der Waals surface area contributed by atoms with E-state index < -0.39 is 11.6 Å². The summed E-state index contributed by atoms with van der Waals surface area (Å²) in [5.74, 6) is 1.64. The lowest BCUT2D eigenvalue weighted by Gasteiger charge is -2.16. The van der Waals surface area contributed by atoms with E-state index in [4.69, 9.17) is 6.42 Å². The molecule has 0 saturated heterocycles. The van der Waals surface area contributed by atoms with Gasteiger partial charge in [0.15, 0.2) is 0 Å². The summed E-state index contributed by atoms with van der Waals surface area (Å²) >= 11 is 0. The molecular formula is C16H13F2N. The molecule has 0 aliphatic rings. The zero-order valence-corrected chi connectivity index (χ0v) is 10.5. The van der Waals surface area contributed by atoms with Crippen molar-refractivity contribution in [2.45, 2.75) is 13.0 Å². The molecule has 0 spiro atoms. The van der Waals surface area contributed by atoms with Gasteiger partial charge in [0, 0.05) is 16.8 Å². The van der Waals surface area contributed by atoms with Gasteiger partial charge < -0.3 is 5.32 Å². The van der Waals surface area contributed by atoms with Crippen molar-refractivity contribution < 1.29 is 8.78 Å². The van der Waals surface area contributed by atoms with Gasteiger partial charge in [-0.15, -0.1) is 6.42 Å². The van der Waals surface area contributed by atoms with Crippen LogP contribution in [-0.4, -0.2) is 0 Å². The third kappa shape index (κ3) is 3.11. The fourth-order valence-electron chi connectivity index (χ4n) is 1.87. The molecular weight excluding hydrogens is 244 g/mol. The number of terminal acetylenes is 1. The first-order valence-corrected chi connectivity index (χ1v) is 5.88. The summed E-state index contributed by atoms with van der Waals surface area (Å²) in [6, 6.07) is 10.3. The number of benzene rings is 2. The molecule has 0 aromatic heterocycles. The van der Waals surface area contributed by atoms with Gasteiger partial charge in [0.05, 0.1) is 6.04 Å². The fourth-order valence-corrected chi connectivity index (χ4v) is 1.87.